The Bertz CT molecular complexity index is 804. The zero-order valence-corrected chi connectivity index (χ0v) is 14.5. The van der Waals surface area contributed by atoms with Crippen molar-refractivity contribution in [1.29, 1.82) is 0 Å². The predicted molar refractivity (Wildman–Crippen MR) is 101 cm³/mol. The van der Waals surface area contributed by atoms with E-state index in [4.69, 9.17) is 4.99 Å². The molecular weight excluding hydrogens is 312 g/mol. The number of hydrogen-bond donors (Lipinski definition) is 2. The Balaban J connectivity index is 1.59. The molecule has 0 amide bonds. The number of para-hydroxylation sites is 1. The Labute approximate surface area is 148 Å². The molecule has 0 spiro atoms. The monoisotopic (exact) mass is 336 g/mol. The maximum absolute atomic E-state index is 4.70. The van der Waals surface area contributed by atoms with Gasteiger partial charge in [0.15, 0.2) is 5.96 Å². The van der Waals surface area contributed by atoms with Gasteiger partial charge in [-0.15, -0.1) is 0 Å². The van der Waals surface area contributed by atoms with Gasteiger partial charge in [0.05, 0.1) is 12.1 Å². The lowest BCUT2D eigenvalue weighted by atomic mass is 10.1. The molecule has 1 aromatic carbocycles. The molecule has 3 aromatic rings. The minimum atomic E-state index is 0.600. The Kier molecular flexibility index (Phi) is 5.98. The number of nitrogens with one attached hydrogen (secondary N) is 2. The summed E-state index contributed by atoms with van der Waals surface area (Å²) in [5, 5.41) is 12.0. The highest BCUT2D eigenvalue weighted by Crippen LogP contribution is 2.16. The summed E-state index contributed by atoms with van der Waals surface area (Å²) in [5.74, 6) is 0.830. The van der Waals surface area contributed by atoms with Crippen LogP contribution in [0.25, 0.3) is 10.9 Å². The van der Waals surface area contributed by atoms with Gasteiger partial charge in [-0.25, -0.2) is 4.99 Å². The molecule has 0 saturated heterocycles. The number of guanidine groups is 1. The van der Waals surface area contributed by atoms with E-state index < -0.39 is 0 Å². The second-order valence-electron chi connectivity index (χ2n) is 5.74. The second kappa shape index (κ2) is 8.82. The van der Waals surface area contributed by atoms with Crippen LogP contribution in [0.1, 0.15) is 18.9 Å². The van der Waals surface area contributed by atoms with E-state index in [-0.39, 0.29) is 0 Å². The van der Waals surface area contributed by atoms with Crippen LogP contribution < -0.4 is 10.6 Å². The maximum Gasteiger partial charge on any atom is 0.191 e. The molecule has 0 radical (unpaired) electrons. The summed E-state index contributed by atoms with van der Waals surface area (Å²) in [6, 6.07) is 12.2. The molecule has 2 heterocycles. The summed E-state index contributed by atoms with van der Waals surface area (Å²) in [4.78, 5) is 9.19. The van der Waals surface area contributed by atoms with Crippen LogP contribution >= 0.6 is 0 Å². The van der Waals surface area contributed by atoms with Crippen LogP contribution in [0.4, 0.5) is 0 Å². The van der Waals surface area contributed by atoms with Gasteiger partial charge in [0.1, 0.15) is 0 Å². The molecule has 2 N–H and O–H groups in total. The molecule has 130 valence electrons. The summed E-state index contributed by atoms with van der Waals surface area (Å²) in [5.41, 5.74) is 2.15. The van der Waals surface area contributed by atoms with Crippen molar-refractivity contribution in [3.8, 4) is 0 Å². The topological polar surface area (TPSA) is 67.1 Å². The lowest BCUT2D eigenvalue weighted by molar-refractivity contribution is 0.570. The normalized spacial score (nSPS) is 11.6. The number of rotatable bonds is 7. The third-order valence-electron chi connectivity index (χ3n) is 3.88. The average Bonchev–Trinajstić information content (AvgIpc) is 3.16. The molecule has 3 rings (SSSR count). The first kappa shape index (κ1) is 17.0. The molecule has 6 heteroatoms. The minimum Gasteiger partial charge on any atom is -0.357 e. The van der Waals surface area contributed by atoms with Gasteiger partial charge >= 0.3 is 0 Å². The first-order valence-electron chi connectivity index (χ1n) is 8.69. The van der Waals surface area contributed by atoms with Crippen LogP contribution in [0.2, 0.25) is 0 Å². The standard InChI is InChI=1S/C19H24N6/c1-2-20-19(22-11-5-13-25-14-6-12-24-25)23-15-17-8-3-7-16-9-4-10-21-18(16)17/h3-4,6-10,12,14H,2,5,11,13,15H2,1H3,(H2,20,22,23). The van der Waals surface area contributed by atoms with Crippen molar-refractivity contribution >= 4 is 16.9 Å². The van der Waals surface area contributed by atoms with Gasteiger partial charge in [0, 0.05) is 43.6 Å². The number of aliphatic imine (C=N–C) groups is 1. The number of pyridine rings is 1. The fourth-order valence-electron chi connectivity index (χ4n) is 2.68. The molecule has 6 nitrogen and oxygen atoms in total. The zero-order valence-electron chi connectivity index (χ0n) is 14.5. The number of benzene rings is 1. The number of aromatic nitrogens is 3. The summed E-state index contributed by atoms with van der Waals surface area (Å²) in [7, 11) is 0. The molecule has 0 atom stereocenters. The number of hydrogen-bond acceptors (Lipinski definition) is 3. The van der Waals surface area contributed by atoms with Gasteiger partial charge in [0.25, 0.3) is 0 Å². The van der Waals surface area contributed by atoms with E-state index in [9.17, 15) is 0 Å². The molecule has 0 aliphatic rings. The second-order valence-corrected chi connectivity index (χ2v) is 5.74. The van der Waals surface area contributed by atoms with E-state index in [1.807, 2.05) is 29.2 Å². The molecule has 0 bridgehead atoms. The van der Waals surface area contributed by atoms with E-state index in [0.717, 1.165) is 48.5 Å². The van der Waals surface area contributed by atoms with Crippen LogP contribution in [0.5, 0.6) is 0 Å². The van der Waals surface area contributed by atoms with Gasteiger partial charge < -0.3 is 10.6 Å². The van der Waals surface area contributed by atoms with E-state index >= 15 is 0 Å². The van der Waals surface area contributed by atoms with Crippen LogP contribution in [0, 0.1) is 0 Å². The number of aryl methyl sites for hydroxylation is 1. The zero-order chi connectivity index (χ0) is 17.3. The summed E-state index contributed by atoms with van der Waals surface area (Å²) in [6.45, 7) is 5.24. The first-order valence-corrected chi connectivity index (χ1v) is 8.69. The Morgan fingerprint density at radius 2 is 2.04 bits per heavy atom. The lowest BCUT2D eigenvalue weighted by Crippen LogP contribution is -2.38. The average molecular weight is 336 g/mol. The predicted octanol–water partition coefficient (Wildman–Crippen LogP) is 2.58. The fraction of sp³-hybridized carbons (Fsp3) is 0.316. The van der Waals surface area contributed by atoms with Crippen molar-refractivity contribution in [2.24, 2.45) is 4.99 Å². The van der Waals surface area contributed by atoms with Gasteiger partial charge in [-0.3, -0.25) is 9.67 Å². The molecule has 0 saturated carbocycles. The largest absolute Gasteiger partial charge is 0.357 e. The molecule has 0 unspecified atom stereocenters. The molecule has 2 aromatic heterocycles. The summed E-state index contributed by atoms with van der Waals surface area (Å²) < 4.78 is 1.94. The Morgan fingerprint density at radius 3 is 2.88 bits per heavy atom. The van der Waals surface area contributed by atoms with E-state index in [0.29, 0.717) is 6.54 Å². The summed E-state index contributed by atoms with van der Waals surface area (Å²) in [6.07, 6.45) is 6.60. The molecule has 0 aliphatic carbocycles. The highest BCUT2D eigenvalue weighted by atomic mass is 15.3. The van der Waals surface area contributed by atoms with Crippen LogP contribution in [0.15, 0.2) is 60.0 Å². The van der Waals surface area contributed by atoms with Gasteiger partial charge in [-0.05, 0) is 31.0 Å². The van der Waals surface area contributed by atoms with Crippen LogP contribution in [-0.2, 0) is 13.1 Å². The molecule has 0 aliphatic heterocycles. The van der Waals surface area contributed by atoms with Crippen molar-refractivity contribution in [2.75, 3.05) is 13.1 Å². The summed E-state index contributed by atoms with van der Waals surface area (Å²) >= 11 is 0. The van der Waals surface area contributed by atoms with Crippen LogP contribution in [-0.4, -0.2) is 33.8 Å². The highest BCUT2D eigenvalue weighted by molar-refractivity contribution is 5.83. The number of nitrogens with zero attached hydrogens (tertiary/aromatic N) is 4. The smallest absolute Gasteiger partial charge is 0.191 e. The molecule has 0 fully saturated rings. The number of fused-ring (bicyclic) bond motifs is 1. The fourth-order valence-corrected chi connectivity index (χ4v) is 2.68. The van der Waals surface area contributed by atoms with E-state index in [2.05, 4.69) is 51.9 Å². The van der Waals surface area contributed by atoms with E-state index in [1.165, 1.54) is 0 Å². The lowest BCUT2D eigenvalue weighted by Gasteiger charge is -2.11. The van der Waals surface area contributed by atoms with Crippen molar-refractivity contribution < 1.29 is 0 Å². The van der Waals surface area contributed by atoms with Crippen molar-refractivity contribution in [1.82, 2.24) is 25.4 Å². The third-order valence-corrected chi connectivity index (χ3v) is 3.88. The Hall–Kier alpha value is -2.89. The van der Waals surface area contributed by atoms with Gasteiger partial charge in [0.2, 0.25) is 0 Å². The molecule has 25 heavy (non-hydrogen) atoms. The Morgan fingerprint density at radius 1 is 1.12 bits per heavy atom. The SMILES string of the molecule is CCNC(=NCc1cccc2cccnc12)NCCCn1cccn1. The van der Waals surface area contributed by atoms with Gasteiger partial charge in [-0.1, -0.05) is 24.3 Å². The van der Waals surface area contributed by atoms with E-state index in [1.54, 1.807) is 6.20 Å². The van der Waals surface area contributed by atoms with Crippen molar-refractivity contribution in [3.05, 3.63) is 60.6 Å². The highest BCUT2D eigenvalue weighted by Gasteiger charge is 2.02. The van der Waals surface area contributed by atoms with Crippen LogP contribution in [0.3, 0.4) is 0 Å². The minimum absolute atomic E-state index is 0.600. The quantitative estimate of drug-likeness (QED) is 0.395. The van der Waals surface area contributed by atoms with Gasteiger partial charge in [-0.2, -0.15) is 5.10 Å². The molecular formula is C19H24N6. The third kappa shape index (κ3) is 4.79. The first-order chi connectivity index (χ1) is 12.4. The van der Waals surface area contributed by atoms with Crippen molar-refractivity contribution in [2.45, 2.75) is 26.4 Å². The maximum atomic E-state index is 4.70. The van der Waals surface area contributed by atoms with Crippen molar-refractivity contribution in [3.63, 3.8) is 0 Å².